The topological polar surface area (TPSA) is 94.7 Å². The minimum atomic E-state index is -0.484. The molecule has 9 heteroatoms. The van der Waals surface area contributed by atoms with Gasteiger partial charge in [0.1, 0.15) is 11.1 Å². The first-order valence-corrected chi connectivity index (χ1v) is 12.3. The average molecular weight is 489 g/mol. The Hall–Kier alpha value is -3.75. The molecule has 4 aromatic heterocycles. The Labute approximate surface area is 210 Å². The first-order valence-electron chi connectivity index (χ1n) is 12.3. The third kappa shape index (κ3) is 4.57. The van der Waals surface area contributed by atoms with E-state index in [0.29, 0.717) is 30.5 Å². The van der Waals surface area contributed by atoms with Crippen LogP contribution in [0, 0.1) is 13.8 Å². The molecule has 5 heterocycles. The molecule has 9 nitrogen and oxygen atoms in total. The fraction of sp³-hybridized carbons (Fsp3) is 0.444. The summed E-state index contributed by atoms with van der Waals surface area (Å²) in [5.74, 6) is 0.957. The maximum absolute atomic E-state index is 12.4. The summed E-state index contributed by atoms with van der Waals surface area (Å²) < 4.78 is 13.0. The largest absolute Gasteiger partial charge is 0.492 e. The van der Waals surface area contributed by atoms with Crippen molar-refractivity contribution in [2.24, 2.45) is 0 Å². The van der Waals surface area contributed by atoms with Crippen LogP contribution < -0.4 is 4.74 Å². The molecule has 188 valence electrons. The molecule has 0 atom stereocenters. The summed E-state index contributed by atoms with van der Waals surface area (Å²) in [4.78, 5) is 28.5. The van der Waals surface area contributed by atoms with Crippen LogP contribution in [0.1, 0.15) is 56.6 Å². The molecule has 0 unspecified atom stereocenters. The molecular formula is C27H32N6O3. The molecule has 1 fully saturated rings. The van der Waals surface area contributed by atoms with Crippen molar-refractivity contribution < 1.29 is 14.3 Å². The van der Waals surface area contributed by atoms with Gasteiger partial charge in [0.25, 0.3) is 0 Å². The van der Waals surface area contributed by atoms with Gasteiger partial charge in [-0.05, 0) is 71.7 Å². The van der Waals surface area contributed by atoms with Crippen LogP contribution >= 0.6 is 0 Å². The third-order valence-electron chi connectivity index (χ3n) is 6.44. The second kappa shape index (κ2) is 9.04. The first-order chi connectivity index (χ1) is 17.1. The summed E-state index contributed by atoms with van der Waals surface area (Å²) >= 11 is 0. The lowest BCUT2D eigenvalue weighted by Crippen LogP contribution is -2.41. The van der Waals surface area contributed by atoms with Gasteiger partial charge in [0.2, 0.25) is 0 Å². The van der Waals surface area contributed by atoms with Gasteiger partial charge < -0.3 is 14.4 Å². The van der Waals surface area contributed by atoms with Gasteiger partial charge in [0, 0.05) is 24.7 Å². The summed E-state index contributed by atoms with van der Waals surface area (Å²) in [7, 11) is 1.64. The number of hydrogen-bond donors (Lipinski definition) is 0. The zero-order chi connectivity index (χ0) is 25.6. The molecule has 1 aliphatic rings. The smallest absolute Gasteiger partial charge is 0.410 e. The Bertz CT molecular complexity index is 1450. The predicted octanol–water partition coefficient (Wildman–Crippen LogP) is 5.08. The number of methoxy groups -OCH3 is 1. The number of aromatic nitrogens is 5. The van der Waals surface area contributed by atoms with E-state index in [-0.39, 0.29) is 6.09 Å². The lowest BCUT2D eigenvalue weighted by atomic mass is 9.93. The van der Waals surface area contributed by atoms with Crippen LogP contribution in [-0.4, -0.2) is 61.4 Å². The van der Waals surface area contributed by atoms with E-state index in [0.717, 1.165) is 52.2 Å². The van der Waals surface area contributed by atoms with Crippen molar-refractivity contribution in [1.29, 1.82) is 0 Å². The number of nitrogens with zero attached hydrogens (tertiary/aromatic N) is 6. The highest BCUT2D eigenvalue weighted by Crippen LogP contribution is 2.35. The standard InChI is InChI=1S/C27H32N6O3/c1-16-15-33-24(17(2)28-16)25(35-6)23(31-33)22-10-9-20-21(30-22)8-7-19(29-20)18-11-13-32(14-12-18)26(34)36-27(3,4)5/h7-10,15,18H,11-14H2,1-6H3. The highest BCUT2D eigenvalue weighted by atomic mass is 16.6. The van der Waals surface area contributed by atoms with Gasteiger partial charge in [-0.1, -0.05) is 0 Å². The number of hydrogen-bond acceptors (Lipinski definition) is 7. The van der Waals surface area contributed by atoms with Crippen LogP contribution in [-0.2, 0) is 4.74 Å². The summed E-state index contributed by atoms with van der Waals surface area (Å²) in [6.45, 7) is 10.9. The van der Waals surface area contributed by atoms with E-state index in [1.165, 1.54) is 0 Å². The maximum Gasteiger partial charge on any atom is 0.410 e. The van der Waals surface area contributed by atoms with Crippen molar-refractivity contribution in [3.63, 3.8) is 0 Å². The number of carbonyl (C=O) groups excluding carboxylic acids is 1. The monoisotopic (exact) mass is 488 g/mol. The van der Waals surface area contributed by atoms with E-state index >= 15 is 0 Å². The number of piperidine rings is 1. The molecule has 0 radical (unpaired) electrons. The molecular weight excluding hydrogens is 456 g/mol. The number of likely N-dealkylation sites (tertiary alicyclic amines) is 1. The molecule has 5 rings (SSSR count). The van der Waals surface area contributed by atoms with Gasteiger partial charge in [0.15, 0.2) is 11.4 Å². The molecule has 0 bridgehead atoms. The minimum absolute atomic E-state index is 0.243. The first kappa shape index (κ1) is 24.0. The van der Waals surface area contributed by atoms with Crippen LogP contribution in [0.4, 0.5) is 4.79 Å². The van der Waals surface area contributed by atoms with Gasteiger partial charge in [-0.15, -0.1) is 0 Å². The third-order valence-corrected chi connectivity index (χ3v) is 6.44. The van der Waals surface area contributed by atoms with Gasteiger partial charge >= 0.3 is 6.09 Å². The van der Waals surface area contributed by atoms with Crippen molar-refractivity contribution in [1.82, 2.24) is 29.5 Å². The van der Waals surface area contributed by atoms with E-state index < -0.39 is 5.60 Å². The summed E-state index contributed by atoms with van der Waals surface area (Å²) in [6.07, 6.45) is 3.35. The maximum atomic E-state index is 12.4. The van der Waals surface area contributed by atoms with E-state index in [1.807, 2.05) is 69.6 Å². The van der Waals surface area contributed by atoms with E-state index in [4.69, 9.17) is 24.5 Å². The summed E-state index contributed by atoms with van der Waals surface area (Å²) in [6, 6.07) is 7.98. The Morgan fingerprint density at radius 2 is 1.69 bits per heavy atom. The lowest BCUT2D eigenvalue weighted by molar-refractivity contribution is 0.0204. The Morgan fingerprint density at radius 1 is 1.00 bits per heavy atom. The Morgan fingerprint density at radius 3 is 2.39 bits per heavy atom. The molecule has 0 saturated carbocycles. The van der Waals surface area contributed by atoms with Crippen LogP contribution in [0.25, 0.3) is 27.9 Å². The van der Waals surface area contributed by atoms with Crippen LogP contribution in [0.3, 0.4) is 0 Å². The van der Waals surface area contributed by atoms with Crippen LogP contribution in [0.2, 0.25) is 0 Å². The second-order valence-corrected chi connectivity index (χ2v) is 10.4. The van der Waals surface area contributed by atoms with Crippen LogP contribution in [0.15, 0.2) is 30.5 Å². The summed E-state index contributed by atoms with van der Waals surface area (Å²) in [5, 5.41) is 4.74. The fourth-order valence-electron chi connectivity index (χ4n) is 4.80. The number of pyridine rings is 2. The molecule has 0 spiro atoms. The van der Waals surface area contributed by atoms with Crippen molar-refractivity contribution in [2.75, 3.05) is 20.2 Å². The molecule has 1 amide bonds. The van der Waals surface area contributed by atoms with Gasteiger partial charge in [-0.2, -0.15) is 5.10 Å². The molecule has 0 aliphatic carbocycles. The number of carbonyl (C=O) groups is 1. The molecule has 1 aliphatic heterocycles. The molecule has 4 aromatic rings. The Balaban J connectivity index is 1.38. The SMILES string of the molecule is COc1c(-c2ccc3nc(C4CCN(C(=O)OC(C)(C)C)CC4)ccc3n2)nn2cc(C)nc(C)c12. The van der Waals surface area contributed by atoms with E-state index in [9.17, 15) is 4.79 Å². The number of aryl methyl sites for hydroxylation is 2. The zero-order valence-corrected chi connectivity index (χ0v) is 21.7. The second-order valence-electron chi connectivity index (χ2n) is 10.4. The van der Waals surface area contributed by atoms with Gasteiger partial charge in [0.05, 0.1) is 41.4 Å². The molecule has 0 aromatic carbocycles. The fourth-order valence-corrected chi connectivity index (χ4v) is 4.80. The average Bonchev–Trinajstić information content (AvgIpc) is 3.21. The molecule has 36 heavy (non-hydrogen) atoms. The van der Waals surface area contributed by atoms with Crippen molar-refractivity contribution in [2.45, 2.75) is 59.0 Å². The zero-order valence-electron chi connectivity index (χ0n) is 21.7. The quantitative estimate of drug-likeness (QED) is 0.397. The van der Waals surface area contributed by atoms with E-state index in [2.05, 4.69) is 4.98 Å². The van der Waals surface area contributed by atoms with Crippen molar-refractivity contribution >= 4 is 22.6 Å². The number of ether oxygens (including phenoxy) is 2. The lowest BCUT2D eigenvalue weighted by Gasteiger charge is -2.33. The van der Waals surface area contributed by atoms with Gasteiger partial charge in [-0.25, -0.2) is 14.3 Å². The highest BCUT2D eigenvalue weighted by Gasteiger charge is 2.28. The normalized spacial score (nSPS) is 15.0. The Kier molecular flexibility index (Phi) is 6.02. The van der Waals surface area contributed by atoms with Crippen LogP contribution in [0.5, 0.6) is 5.75 Å². The summed E-state index contributed by atoms with van der Waals surface area (Å²) in [5.41, 5.74) is 6.16. The molecule has 0 N–H and O–H groups in total. The van der Waals surface area contributed by atoms with Gasteiger partial charge in [-0.3, -0.25) is 9.97 Å². The van der Waals surface area contributed by atoms with Crippen molar-refractivity contribution in [3.8, 4) is 17.1 Å². The number of rotatable bonds is 3. The molecule has 1 saturated heterocycles. The number of amides is 1. The number of fused-ring (bicyclic) bond motifs is 2. The predicted molar refractivity (Wildman–Crippen MR) is 137 cm³/mol. The van der Waals surface area contributed by atoms with Crippen molar-refractivity contribution in [3.05, 3.63) is 47.5 Å². The minimum Gasteiger partial charge on any atom is -0.492 e. The highest BCUT2D eigenvalue weighted by molar-refractivity contribution is 5.82. The van der Waals surface area contributed by atoms with E-state index in [1.54, 1.807) is 12.0 Å².